The van der Waals surface area contributed by atoms with E-state index in [1.54, 1.807) is 0 Å². The van der Waals surface area contributed by atoms with Crippen LogP contribution in [0.3, 0.4) is 0 Å². The van der Waals surface area contributed by atoms with Crippen LogP contribution in [0.5, 0.6) is 0 Å². The minimum atomic E-state index is -3.14. The largest absolute Gasteiger partial charge is 0.419 e. The molecule has 0 spiro atoms. The molecule has 0 radical (unpaired) electrons. The molecular weight excluding hydrogens is 278 g/mol. The second-order valence-corrected chi connectivity index (χ2v) is 6.96. The van der Waals surface area contributed by atoms with E-state index in [-0.39, 0.29) is 12.3 Å². The van der Waals surface area contributed by atoms with E-state index in [2.05, 4.69) is 10.2 Å². The number of hydrogen-bond acceptors (Lipinski definition) is 5. The van der Waals surface area contributed by atoms with E-state index in [0.717, 1.165) is 11.1 Å². The van der Waals surface area contributed by atoms with Gasteiger partial charge in [0, 0.05) is 12.1 Å². The van der Waals surface area contributed by atoms with Crippen LogP contribution in [0.4, 0.5) is 0 Å². The maximum Gasteiger partial charge on any atom is 0.247 e. The molecule has 0 aliphatic carbocycles. The number of aryl methyl sites for hydroxylation is 1. The van der Waals surface area contributed by atoms with Gasteiger partial charge in [0.2, 0.25) is 21.8 Å². The number of benzene rings is 1. The Morgan fingerprint density at radius 3 is 2.65 bits per heavy atom. The van der Waals surface area contributed by atoms with Gasteiger partial charge in [0.15, 0.2) is 0 Å². The number of sulfonamides is 1. The van der Waals surface area contributed by atoms with Crippen LogP contribution in [0.25, 0.3) is 11.5 Å². The fraction of sp³-hybridized carbons (Fsp3) is 0.385. The molecule has 1 fully saturated rings. The van der Waals surface area contributed by atoms with Crippen molar-refractivity contribution in [3.8, 4) is 11.5 Å². The molecule has 0 saturated carbocycles. The second-order valence-electron chi connectivity index (χ2n) is 4.87. The van der Waals surface area contributed by atoms with Gasteiger partial charge in [-0.2, -0.15) is 4.31 Å². The maximum atomic E-state index is 11.7. The summed E-state index contributed by atoms with van der Waals surface area (Å²) in [4.78, 5) is 0. The molecule has 7 heteroatoms. The van der Waals surface area contributed by atoms with E-state index >= 15 is 0 Å². The van der Waals surface area contributed by atoms with Crippen molar-refractivity contribution < 1.29 is 12.8 Å². The summed E-state index contributed by atoms with van der Waals surface area (Å²) < 4.78 is 30.4. The van der Waals surface area contributed by atoms with Crippen molar-refractivity contribution in [2.75, 3.05) is 12.3 Å². The first-order valence-electron chi connectivity index (χ1n) is 6.42. The van der Waals surface area contributed by atoms with E-state index < -0.39 is 10.0 Å². The van der Waals surface area contributed by atoms with Gasteiger partial charge in [0.05, 0.1) is 12.3 Å². The molecule has 1 aliphatic heterocycles. The molecule has 0 bridgehead atoms. The molecule has 1 aromatic heterocycles. The Morgan fingerprint density at radius 2 is 2.00 bits per heavy atom. The Kier molecular flexibility index (Phi) is 3.31. The Balaban J connectivity index is 1.79. The summed E-state index contributed by atoms with van der Waals surface area (Å²) in [5.74, 6) is 0.939. The van der Waals surface area contributed by atoms with Crippen LogP contribution < -0.4 is 0 Å². The lowest BCUT2D eigenvalue weighted by Crippen LogP contribution is -2.25. The zero-order chi connectivity index (χ0) is 14.2. The van der Waals surface area contributed by atoms with E-state index in [0.29, 0.717) is 24.7 Å². The van der Waals surface area contributed by atoms with Crippen LogP contribution in [0.1, 0.15) is 17.9 Å². The number of hydrogen-bond donors (Lipinski definition) is 0. The molecule has 0 N–H and O–H groups in total. The van der Waals surface area contributed by atoms with Gasteiger partial charge in [-0.1, -0.05) is 17.7 Å². The molecule has 2 aromatic rings. The van der Waals surface area contributed by atoms with Crippen molar-refractivity contribution in [3.05, 3.63) is 35.7 Å². The van der Waals surface area contributed by atoms with Gasteiger partial charge in [-0.3, -0.25) is 0 Å². The Hall–Kier alpha value is -1.73. The second kappa shape index (κ2) is 4.99. The van der Waals surface area contributed by atoms with Crippen molar-refractivity contribution in [3.63, 3.8) is 0 Å². The lowest BCUT2D eigenvalue weighted by Gasteiger charge is -2.10. The van der Waals surface area contributed by atoms with E-state index in [9.17, 15) is 8.42 Å². The van der Waals surface area contributed by atoms with E-state index in [1.807, 2.05) is 31.2 Å². The van der Waals surface area contributed by atoms with Gasteiger partial charge in [0.25, 0.3) is 0 Å². The summed E-state index contributed by atoms with van der Waals surface area (Å²) in [7, 11) is -3.14. The number of nitrogens with zero attached hydrogens (tertiary/aromatic N) is 3. The lowest BCUT2D eigenvalue weighted by molar-refractivity contribution is 0.379. The van der Waals surface area contributed by atoms with Crippen molar-refractivity contribution in [1.82, 2.24) is 14.5 Å². The maximum absolute atomic E-state index is 11.7. The molecule has 3 rings (SSSR count). The summed E-state index contributed by atoms with van der Waals surface area (Å²) >= 11 is 0. The first-order valence-corrected chi connectivity index (χ1v) is 8.03. The van der Waals surface area contributed by atoms with Crippen LogP contribution in [0.2, 0.25) is 0 Å². The highest BCUT2D eigenvalue weighted by atomic mass is 32.2. The average Bonchev–Trinajstić information content (AvgIpc) is 2.99. The third kappa shape index (κ3) is 2.59. The van der Waals surface area contributed by atoms with Crippen LogP contribution in [-0.4, -0.2) is 35.2 Å². The fourth-order valence-corrected chi connectivity index (χ4v) is 3.62. The Bertz CT molecular complexity index is 707. The predicted octanol–water partition coefficient (Wildman–Crippen LogP) is 1.58. The van der Waals surface area contributed by atoms with Gasteiger partial charge in [0.1, 0.15) is 0 Å². The number of aromatic nitrogens is 2. The molecule has 1 aromatic carbocycles. The van der Waals surface area contributed by atoms with Gasteiger partial charge in [-0.25, -0.2) is 8.42 Å². The molecule has 1 aliphatic rings. The molecule has 0 unspecified atom stereocenters. The molecule has 1 saturated heterocycles. The minimum absolute atomic E-state index is 0.154. The first kappa shape index (κ1) is 13.3. The predicted molar refractivity (Wildman–Crippen MR) is 73.3 cm³/mol. The van der Waals surface area contributed by atoms with E-state index in [4.69, 9.17) is 4.42 Å². The van der Waals surface area contributed by atoms with Crippen molar-refractivity contribution in [1.29, 1.82) is 0 Å². The van der Waals surface area contributed by atoms with Crippen LogP contribution in [0.15, 0.2) is 28.7 Å². The highest BCUT2D eigenvalue weighted by Crippen LogP contribution is 2.21. The van der Waals surface area contributed by atoms with Crippen molar-refractivity contribution in [2.45, 2.75) is 19.9 Å². The molecular formula is C13H15N3O3S. The summed E-state index contributed by atoms with van der Waals surface area (Å²) in [6, 6.07) is 7.73. The van der Waals surface area contributed by atoms with Gasteiger partial charge in [-0.05, 0) is 25.5 Å². The van der Waals surface area contributed by atoms with Gasteiger partial charge >= 0.3 is 0 Å². The molecule has 6 nitrogen and oxygen atoms in total. The Morgan fingerprint density at radius 1 is 1.25 bits per heavy atom. The highest BCUT2D eigenvalue weighted by molar-refractivity contribution is 7.89. The topological polar surface area (TPSA) is 76.3 Å². The molecule has 0 amide bonds. The minimum Gasteiger partial charge on any atom is -0.419 e. The highest BCUT2D eigenvalue weighted by Gasteiger charge is 2.29. The zero-order valence-electron chi connectivity index (χ0n) is 11.1. The first-order chi connectivity index (χ1) is 9.54. The monoisotopic (exact) mass is 293 g/mol. The Labute approximate surface area is 117 Å². The SMILES string of the molecule is Cc1ccc(-c2nnc(CN3CCCS3(=O)=O)o2)cc1. The normalized spacial score (nSPS) is 18.4. The number of rotatable bonds is 3. The summed E-state index contributed by atoms with van der Waals surface area (Å²) in [5.41, 5.74) is 1.98. The van der Waals surface area contributed by atoms with Crippen LogP contribution >= 0.6 is 0 Å². The molecule has 2 heterocycles. The molecule has 106 valence electrons. The summed E-state index contributed by atoms with van der Waals surface area (Å²) in [6.45, 7) is 2.67. The fourth-order valence-electron chi connectivity index (χ4n) is 2.15. The van der Waals surface area contributed by atoms with Crippen LogP contribution in [0, 0.1) is 6.92 Å². The quantitative estimate of drug-likeness (QED) is 0.858. The van der Waals surface area contributed by atoms with Gasteiger partial charge in [-0.15, -0.1) is 10.2 Å². The van der Waals surface area contributed by atoms with Crippen molar-refractivity contribution >= 4 is 10.0 Å². The standard InChI is InChI=1S/C13H15N3O3S/c1-10-3-5-11(6-4-10)13-15-14-12(19-13)9-16-7-2-8-20(16,17)18/h3-6H,2,7-9H2,1H3. The molecule has 0 atom stereocenters. The lowest BCUT2D eigenvalue weighted by atomic mass is 10.1. The van der Waals surface area contributed by atoms with Gasteiger partial charge < -0.3 is 4.42 Å². The third-order valence-corrected chi connectivity index (χ3v) is 5.18. The molecule has 20 heavy (non-hydrogen) atoms. The van der Waals surface area contributed by atoms with Crippen LogP contribution in [-0.2, 0) is 16.6 Å². The van der Waals surface area contributed by atoms with Crippen molar-refractivity contribution in [2.24, 2.45) is 0 Å². The average molecular weight is 293 g/mol. The summed E-state index contributed by atoms with van der Waals surface area (Å²) in [6.07, 6.45) is 0.654. The van der Waals surface area contributed by atoms with E-state index in [1.165, 1.54) is 4.31 Å². The summed E-state index contributed by atoms with van der Waals surface area (Å²) in [5, 5.41) is 7.89. The smallest absolute Gasteiger partial charge is 0.247 e. The zero-order valence-corrected chi connectivity index (χ0v) is 11.9. The third-order valence-electron chi connectivity index (χ3n) is 3.28.